The van der Waals surface area contributed by atoms with Gasteiger partial charge in [-0.15, -0.1) is 0 Å². The van der Waals surface area contributed by atoms with Crippen LogP contribution in [0.2, 0.25) is 0 Å². The van der Waals surface area contributed by atoms with Crippen molar-refractivity contribution in [1.29, 1.82) is 0 Å². The number of aliphatic hydroxyl groups is 1. The molecule has 0 aromatic heterocycles. The van der Waals surface area contributed by atoms with Crippen LogP contribution in [-0.4, -0.2) is 17.0 Å². The molecule has 0 bridgehead atoms. The molecular formula is C15H28O2. The van der Waals surface area contributed by atoms with Crippen molar-refractivity contribution < 1.29 is 9.90 Å². The fourth-order valence-electron chi connectivity index (χ4n) is 2.56. The highest BCUT2D eigenvalue weighted by Gasteiger charge is 2.36. The standard InChI is InChI=1S/C13H22O2.C2H6/c1-9-7-12(15)11(6-5-10(2)14)13(3,4)8-9;1-2/h7,10-11,14H,5-6,8H2,1-4H3;1-2H3. The van der Waals surface area contributed by atoms with Gasteiger partial charge in [-0.2, -0.15) is 0 Å². The van der Waals surface area contributed by atoms with Gasteiger partial charge in [0.25, 0.3) is 0 Å². The Bertz CT molecular complexity index is 275. The minimum Gasteiger partial charge on any atom is -0.393 e. The van der Waals surface area contributed by atoms with Gasteiger partial charge in [0, 0.05) is 5.92 Å². The van der Waals surface area contributed by atoms with E-state index in [1.807, 2.05) is 20.8 Å². The number of carbonyl (C=O) groups is 1. The summed E-state index contributed by atoms with van der Waals surface area (Å²) in [7, 11) is 0. The zero-order valence-electron chi connectivity index (χ0n) is 12.2. The predicted octanol–water partition coefficient (Wildman–Crippen LogP) is 3.74. The van der Waals surface area contributed by atoms with Crippen LogP contribution in [0, 0.1) is 11.3 Å². The molecule has 2 nitrogen and oxygen atoms in total. The number of hydrogen-bond donors (Lipinski definition) is 1. The molecule has 2 atom stereocenters. The molecule has 1 aliphatic rings. The second-order valence-corrected chi connectivity index (χ2v) is 5.54. The van der Waals surface area contributed by atoms with Gasteiger partial charge in [-0.1, -0.05) is 33.3 Å². The number of carbonyl (C=O) groups excluding carboxylic acids is 1. The topological polar surface area (TPSA) is 37.3 Å². The molecule has 0 spiro atoms. The van der Waals surface area contributed by atoms with Crippen LogP contribution in [0.3, 0.4) is 0 Å². The summed E-state index contributed by atoms with van der Waals surface area (Å²) >= 11 is 0. The molecule has 17 heavy (non-hydrogen) atoms. The maximum atomic E-state index is 11.9. The first-order valence-electron chi connectivity index (χ1n) is 6.72. The van der Waals surface area contributed by atoms with Gasteiger partial charge in [0.2, 0.25) is 0 Å². The van der Waals surface area contributed by atoms with Crippen LogP contribution in [0.25, 0.3) is 0 Å². The molecule has 2 unspecified atom stereocenters. The van der Waals surface area contributed by atoms with E-state index >= 15 is 0 Å². The zero-order valence-corrected chi connectivity index (χ0v) is 12.2. The first-order chi connectivity index (χ1) is 7.83. The molecule has 1 aliphatic carbocycles. The summed E-state index contributed by atoms with van der Waals surface area (Å²) in [6, 6.07) is 0. The van der Waals surface area contributed by atoms with Crippen LogP contribution in [0.4, 0.5) is 0 Å². The summed E-state index contributed by atoms with van der Waals surface area (Å²) in [4.78, 5) is 11.9. The quantitative estimate of drug-likeness (QED) is 0.816. The van der Waals surface area contributed by atoms with Crippen LogP contribution < -0.4 is 0 Å². The lowest BCUT2D eigenvalue weighted by atomic mass is 9.67. The van der Waals surface area contributed by atoms with Crippen molar-refractivity contribution in [2.75, 3.05) is 0 Å². The molecule has 1 N–H and O–H groups in total. The summed E-state index contributed by atoms with van der Waals surface area (Å²) in [5.74, 6) is 0.320. The summed E-state index contributed by atoms with van der Waals surface area (Å²) in [5, 5.41) is 9.26. The molecule has 1 rings (SSSR count). The van der Waals surface area contributed by atoms with E-state index < -0.39 is 0 Å². The Kier molecular flexibility index (Phi) is 6.69. The molecular weight excluding hydrogens is 212 g/mol. The second kappa shape index (κ2) is 6.95. The van der Waals surface area contributed by atoms with E-state index in [0.717, 1.165) is 12.8 Å². The minimum absolute atomic E-state index is 0.0464. The van der Waals surface area contributed by atoms with E-state index in [1.165, 1.54) is 5.57 Å². The maximum Gasteiger partial charge on any atom is 0.159 e. The molecule has 0 saturated heterocycles. The van der Waals surface area contributed by atoms with E-state index in [0.29, 0.717) is 6.42 Å². The Morgan fingerprint density at radius 3 is 2.41 bits per heavy atom. The van der Waals surface area contributed by atoms with E-state index in [1.54, 1.807) is 13.0 Å². The Labute approximate surface area is 106 Å². The molecule has 2 heteroatoms. The second-order valence-electron chi connectivity index (χ2n) is 5.54. The van der Waals surface area contributed by atoms with Gasteiger partial charge in [0.15, 0.2) is 5.78 Å². The fourth-order valence-corrected chi connectivity index (χ4v) is 2.56. The number of rotatable bonds is 3. The average Bonchev–Trinajstić information content (AvgIpc) is 2.17. The van der Waals surface area contributed by atoms with E-state index in [4.69, 9.17) is 0 Å². The van der Waals surface area contributed by atoms with E-state index in [9.17, 15) is 9.90 Å². The van der Waals surface area contributed by atoms with Gasteiger partial charge in [-0.05, 0) is 44.6 Å². The van der Waals surface area contributed by atoms with Gasteiger partial charge < -0.3 is 5.11 Å². The molecule has 0 fully saturated rings. The Balaban J connectivity index is 0.00000121. The largest absolute Gasteiger partial charge is 0.393 e. The molecule has 0 aliphatic heterocycles. The Morgan fingerprint density at radius 2 is 2.00 bits per heavy atom. The van der Waals surface area contributed by atoms with Crippen LogP contribution in [0.15, 0.2) is 11.6 Å². The number of allylic oxidation sites excluding steroid dienone is 2. The summed E-state index contributed by atoms with van der Waals surface area (Å²) in [6.07, 6.45) is 3.97. The third kappa shape index (κ3) is 5.03. The molecule has 0 aromatic carbocycles. The SMILES string of the molecule is CC.CC1=CC(=O)C(CCC(C)O)C(C)(C)C1. The summed E-state index contributed by atoms with van der Waals surface area (Å²) in [5.41, 5.74) is 1.23. The minimum atomic E-state index is -0.305. The van der Waals surface area contributed by atoms with Crippen LogP contribution in [-0.2, 0) is 4.79 Å². The number of aliphatic hydroxyl groups excluding tert-OH is 1. The molecule has 0 heterocycles. The summed E-state index contributed by atoms with van der Waals surface area (Å²) in [6.45, 7) is 12.1. The van der Waals surface area contributed by atoms with Crippen molar-refractivity contribution in [2.24, 2.45) is 11.3 Å². The lowest BCUT2D eigenvalue weighted by Crippen LogP contribution is -2.34. The number of ketones is 1. The first kappa shape index (κ1) is 16.4. The van der Waals surface area contributed by atoms with Crippen molar-refractivity contribution in [1.82, 2.24) is 0 Å². The smallest absolute Gasteiger partial charge is 0.159 e. The number of hydrogen-bond acceptors (Lipinski definition) is 2. The maximum absolute atomic E-state index is 11.9. The third-order valence-corrected chi connectivity index (χ3v) is 3.28. The monoisotopic (exact) mass is 240 g/mol. The molecule has 0 saturated carbocycles. The first-order valence-corrected chi connectivity index (χ1v) is 6.72. The van der Waals surface area contributed by atoms with Gasteiger partial charge in [-0.3, -0.25) is 4.79 Å². The van der Waals surface area contributed by atoms with Crippen molar-refractivity contribution in [2.45, 2.75) is 66.9 Å². The molecule has 100 valence electrons. The van der Waals surface area contributed by atoms with Crippen molar-refractivity contribution in [3.63, 3.8) is 0 Å². The highest BCUT2D eigenvalue weighted by molar-refractivity contribution is 5.93. The normalized spacial score (nSPS) is 24.5. The Morgan fingerprint density at radius 1 is 1.47 bits per heavy atom. The van der Waals surface area contributed by atoms with Gasteiger partial charge in [-0.25, -0.2) is 0 Å². The lowest BCUT2D eigenvalue weighted by molar-refractivity contribution is -0.123. The highest BCUT2D eigenvalue weighted by Crippen LogP contribution is 2.40. The predicted molar refractivity (Wildman–Crippen MR) is 72.9 cm³/mol. The highest BCUT2D eigenvalue weighted by atomic mass is 16.3. The van der Waals surface area contributed by atoms with E-state index in [2.05, 4.69) is 13.8 Å². The summed E-state index contributed by atoms with van der Waals surface area (Å²) < 4.78 is 0. The van der Waals surface area contributed by atoms with Crippen LogP contribution in [0.5, 0.6) is 0 Å². The van der Waals surface area contributed by atoms with Crippen molar-refractivity contribution in [3.8, 4) is 0 Å². The average molecular weight is 240 g/mol. The fraction of sp³-hybridized carbons (Fsp3) is 0.800. The molecule has 0 amide bonds. The van der Waals surface area contributed by atoms with Gasteiger partial charge in [0.05, 0.1) is 6.10 Å². The zero-order chi connectivity index (χ0) is 13.6. The lowest BCUT2D eigenvalue weighted by Gasteiger charge is -2.36. The van der Waals surface area contributed by atoms with Crippen molar-refractivity contribution in [3.05, 3.63) is 11.6 Å². The van der Waals surface area contributed by atoms with E-state index in [-0.39, 0.29) is 23.2 Å². The van der Waals surface area contributed by atoms with Crippen molar-refractivity contribution >= 4 is 5.78 Å². The third-order valence-electron chi connectivity index (χ3n) is 3.28. The van der Waals surface area contributed by atoms with Crippen LogP contribution in [0.1, 0.15) is 60.8 Å². The van der Waals surface area contributed by atoms with Gasteiger partial charge >= 0.3 is 0 Å². The molecule has 0 aromatic rings. The molecule has 0 radical (unpaired) electrons. The van der Waals surface area contributed by atoms with Crippen LogP contribution >= 0.6 is 0 Å². The van der Waals surface area contributed by atoms with Gasteiger partial charge in [0.1, 0.15) is 0 Å². The Hall–Kier alpha value is -0.630.